The van der Waals surface area contributed by atoms with Crippen molar-refractivity contribution in [2.24, 2.45) is 0 Å². The fourth-order valence-corrected chi connectivity index (χ4v) is 1.98. The minimum atomic E-state index is -1.50. The maximum atomic E-state index is 11.4. The molecular formula is C12H11BrO5. The number of hydrogen-bond acceptors (Lipinski definition) is 4. The summed E-state index contributed by atoms with van der Waals surface area (Å²) in [7, 11) is 1.44. The molecule has 1 fully saturated rings. The normalized spacial score (nSPS) is 14.1. The summed E-state index contributed by atoms with van der Waals surface area (Å²) in [6.45, 7) is 0. The molecule has 1 N–H and O–H groups in total. The summed E-state index contributed by atoms with van der Waals surface area (Å²) in [5.74, 6) is -1.63. The average Bonchev–Trinajstić information content (AvgIpc) is 3.14. The molecule has 96 valence electrons. The fraction of sp³-hybridized carbons (Fsp3) is 0.333. The van der Waals surface area contributed by atoms with E-state index in [1.807, 2.05) is 0 Å². The van der Waals surface area contributed by atoms with Gasteiger partial charge in [0.25, 0.3) is 5.78 Å². The summed E-state index contributed by atoms with van der Waals surface area (Å²) < 4.78 is 11.3. The van der Waals surface area contributed by atoms with E-state index in [9.17, 15) is 9.59 Å². The molecule has 6 heteroatoms. The first-order chi connectivity index (χ1) is 8.52. The lowest BCUT2D eigenvalue weighted by Gasteiger charge is -2.13. The fourth-order valence-electron chi connectivity index (χ4n) is 1.44. The first-order valence-corrected chi connectivity index (χ1v) is 6.14. The highest BCUT2D eigenvalue weighted by Gasteiger charge is 2.27. The molecule has 1 saturated carbocycles. The van der Waals surface area contributed by atoms with Gasteiger partial charge in [0.15, 0.2) is 11.5 Å². The Bertz CT molecular complexity index is 507. The standard InChI is InChI=1S/C12H11BrO5/c1-17-9-5-6(10(14)12(15)16)4-8(13)11(9)18-7-2-3-7/h4-5,7H,2-3H2,1H3,(H,15,16). The summed E-state index contributed by atoms with van der Waals surface area (Å²) in [4.78, 5) is 22.0. The highest BCUT2D eigenvalue weighted by molar-refractivity contribution is 9.10. The molecule has 18 heavy (non-hydrogen) atoms. The Morgan fingerprint density at radius 1 is 1.39 bits per heavy atom. The lowest BCUT2D eigenvalue weighted by atomic mass is 10.1. The van der Waals surface area contributed by atoms with Crippen LogP contribution in [0.25, 0.3) is 0 Å². The maximum absolute atomic E-state index is 11.4. The summed E-state index contributed by atoms with van der Waals surface area (Å²) in [6, 6.07) is 2.80. The molecule has 5 nitrogen and oxygen atoms in total. The zero-order valence-electron chi connectivity index (χ0n) is 9.60. The van der Waals surface area contributed by atoms with Gasteiger partial charge in [-0.15, -0.1) is 0 Å². The van der Waals surface area contributed by atoms with E-state index >= 15 is 0 Å². The van der Waals surface area contributed by atoms with Crippen LogP contribution in [0.15, 0.2) is 16.6 Å². The molecule has 0 atom stereocenters. The molecule has 0 spiro atoms. The van der Waals surface area contributed by atoms with Crippen molar-refractivity contribution in [2.45, 2.75) is 18.9 Å². The third kappa shape index (κ3) is 2.64. The molecule has 0 bridgehead atoms. The number of methoxy groups -OCH3 is 1. The van der Waals surface area contributed by atoms with E-state index in [2.05, 4.69) is 15.9 Å². The zero-order chi connectivity index (χ0) is 13.3. The Morgan fingerprint density at radius 2 is 2.06 bits per heavy atom. The van der Waals surface area contributed by atoms with Crippen LogP contribution in [0.2, 0.25) is 0 Å². The molecule has 1 aliphatic carbocycles. The molecular weight excluding hydrogens is 304 g/mol. The second-order valence-corrected chi connectivity index (χ2v) is 4.80. The van der Waals surface area contributed by atoms with E-state index in [0.29, 0.717) is 16.0 Å². The number of ketones is 1. The van der Waals surface area contributed by atoms with E-state index in [4.69, 9.17) is 14.6 Å². The quantitative estimate of drug-likeness (QED) is 0.666. The van der Waals surface area contributed by atoms with Crippen molar-refractivity contribution in [3.8, 4) is 11.5 Å². The van der Waals surface area contributed by atoms with E-state index in [1.165, 1.54) is 19.2 Å². The van der Waals surface area contributed by atoms with E-state index in [-0.39, 0.29) is 11.7 Å². The van der Waals surface area contributed by atoms with Gasteiger partial charge in [0.2, 0.25) is 0 Å². The largest absolute Gasteiger partial charge is 0.493 e. The second-order valence-electron chi connectivity index (χ2n) is 3.94. The number of carboxylic acids is 1. The molecule has 1 aliphatic rings. The molecule has 1 aromatic carbocycles. The molecule has 0 aliphatic heterocycles. The second kappa shape index (κ2) is 4.97. The number of carbonyl (C=O) groups excluding carboxylic acids is 1. The summed E-state index contributed by atoms with van der Waals surface area (Å²) in [5.41, 5.74) is 0.0503. The minimum absolute atomic E-state index is 0.0503. The topological polar surface area (TPSA) is 72.8 Å². The van der Waals surface area contributed by atoms with Crippen LogP contribution in [-0.2, 0) is 4.79 Å². The van der Waals surface area contributed by atoms with Crippen molar-refractivity contribution in [3.05, 3.63) is 22.2 Å². The Labute approximate surface area is 112 Å². The molecule has 2 rings (SSSR count). The van der Waals surface area contributed by atoms with Crippen molar-refractivity contribution in [2.75, 3.05) is 7.11 Å². The minimum Gasteiger partial charge on any atom is -0.493 e. The van der Waals surface area contributed by atoms with E-state index in [1.54, 1.807) is 0 Å². The predicted octanol–water partition coefficient (Wildman–Crippen LogP) is 2.27. The summed E-state index contributed by atoms with van der Waals surface area (Å²) >= 11 is 3.26. The molecule has 0 unspecified atom stereocenters. The van der Waals surface area contributed by atoms with Gasteiger partial charge < -0.3 is 14.6 Å². The third-order valence-electron chi connectivity index (χ3n) is 2.49. The highest BCUT2D eigenvalue weighted by Crippen LogP contribution is 2.40. The molecule has 1 aromatic rings. The number of carboxylic acid groups (broad SMARTS) is 1. The van der Waals surface area contributed by atoms with Gasteiger partial charge in [0.05, 0.1) is 17.7 Å². The number of ether oxygens (including phenoxy) is 2. The Hall–Kier alpha value is -1.56. The van der Waals surface area contributed by atoms with Gasteiger partial charge in [-0.2, -0.15) is 0 Å². The number of carbonyl (C=O) groups is 2. The zero-order valence-corrected chi connectivity index (χ0v) is 11.2. The van der Waals surface area contributed by atoms with Gasteiger partial charge in [0.1, 0.15) is 0 Å². The maximum Gasteiger partial charge on any atom is 0.377 e. The predicted molar refractivity (Wildman–Crippen MR) is 66.3 cm³/mol. The monoisotopic (exact) mass is 314 g/mol. The Kier molecular flexibility index (Phi) is 3.56. The lowest BCUT2D eigenvalue weighted by molar-refractivity contribution is -0.131. The van der Waals surface area contributed by atoms with Gasteiger partial charge in [-0.05, 0) is 40.9 Å². The van der Waals surface area contributed by atoms with Crippen molar-refractivity contribution in [1.29, 1.82) is 0 Å². The van der Waals surface area contributed by atoms with Crippen LogP contribution in [0.3, 0.4) is 0 Å². The number of halogens is 1. The molecule has 0 aromatic heterocycles. The Balaban J connectivity index is 2.38. The van der Waals surface area contributed by atoms with E-state index < -0.39 is 11.8 Å². The number of rotatable bonds is 5. The number of benzene rings is 1. The van der Waals surface area contributed by atoms with Crippen LogP contribution >= 0.6 is 15.9 Å². The molecule has 0 radical (unpaired) electrons. The van der Waals surface area contributed by atoms with Gasteiger partial charge in [-0.1, -0.05) is 0 Å². The number of hydrogen-bond donors (Lipinski definition) is 1. The van der Waals surface area contributed by atoms with Crippen molar-refractivity contribution < 1.29 is 24.2 Å². The first kappa shape index (κ1) is 12.9. The lowest BCUT2D eigenvalue weighted by Crippen LogP contribution is -2.13. The van der Waals surface area contributed by atoms with Crippen LogP contribution in [-0.4, -0.2) is 30.1 Å². The van der Waals surface area contributed by atoms with Crippen LogP contribution in [0.1, 0.15) is 23.2 Å². The van der Waals surface area contributed by atoms with Gasteiger partial charge in [-0.3, -0.25) is 4.79 Å². The van der Waals surface area contributed by atoms with Crippen molar-refractivity contribution in [1.82, 2.24) is 0 Å². The molecule has 0 heterocycles. The summed E-state index contributed by atoms with van der Waals surface area (Å²) in [6.07, 6.45) is 2.16. The Morgan fingerprint density at radius 3 is 2.56 bits per heavy atom. The van der Waals surface area contributed by atoms with Crippen molar-refractivity contribution >= 4 is 27.7 Å². The number of aliphatic carboxylic acids is 1. The third-order valence-corrected chi connectivity index (χ3v) is 3.08. The van der Waals surface area contributed by atoms with Crippen LogP contribution in [0, 0.1) is 0 Å². The average molecular weight is 315 g/mol. The van der Waals surface area contributed by atoms with E-state index in [0.717, 1.165) is 12.8 Å². The van der Waals surface area contributed by atoms with Gasteiger partial charge in [-0.25, -0.2) is 4.79 Å². The SMILES string of the molecule is COc1cc(C(=O)C(=O)O)cc(Br)c1OC1CC1. The molecule has 0 amide bonds. The van der Waals surface area contributed by atoms with Gasteiger partial charge >= 0.3 is 5.97 Å². The van der Waals surface area contributed by atoms with Crippen LogP contribution < -0.4 is 9.47 Å². The smallest absolute Gasteiger partial charge is 0.377 e. The highest BCUT2D eigenvalue weighted by atomic mass is 79.9. The van der Waals surface area contributed by atoms with Gasteiger partial charge in [0, 0.05) is 5.56 Å². The summed E-state index contributed by atoms with van der Waals surface area (Å²) in [5, 5.41) is 8.68. The van der Waals surface area contributed by atoms with Crippen LogP contribution in [0.5, 0.6) is 11.5 Å². The van der Waals surface area contributed by atoms with Crippen LogP contribution in [0.4, 0.5) is 0 Å². The number of Topliss-reactive ketones (excluding diaryl/α,β-unsaturated/α-hetero) is 1. The molecule has 0 saturated heterocycles. The first-order valence-electron chi connectivity index (χ1n) is 5.34. The van der Waals surface area contributed by atoms with Crippen molar-refractivity contribution in [3.63, 3.8) is 0 Å².